The molecule has 0 aromatic rings. The lowest BCUT2D eigenvalue weighted by Gasteiger charge is -2.28. The van der Waals surface area contributed by atoms with Crippen LogP contribution < -0.4 is 5.32 Å². The first-order valence-electron chi connectivity index (χ1n) is 5.93. The molecule has 90 valence electrons. The molecule has 0 amide bonds. The molecular formula is C11H24N2OS. The number of aliphatic hydroxyl groups excluding tert-OH is 1. The Labute approximate surface area is 97.6 Å². The predicted octanol–water partition coefficient (Wildman–Crippen LogP) is 0.786. The van der Waals surface area contributed by atoms with Gasteiger partial charge in [-0.25, -0.2) is 0 Å². The van der Waals surface area contributed by atoms with E-state index < -0.39 is 0 Å². The molecule has 1 saturated heterocycles. The van der Waals surface area contributed by atoms with E-state index in [0.29, 0.717) is 12.6 Å². The maximum atomic E-state index is 9.40. The van der Waals surface area contributed by atoms with Gasteiger partial charge in [-0.2, -0.15) is 11.8 Å². The van der Waals surface area contributed by atoms with E-state index in [-0.39, 0.29) is 0 Å². The Kier molecular flexibility index (Phi) is 7.44. The van der Waals surface area contributed by atoms with Crippen molar-refractivity contribution in [2.75, 3.05) is 44.8 Å². The number of rotatable bonds is 6. The Balaban J connectivity index is 2.27. The molecule has 2 N–H and O–H groups in total. The van der Waals surface area contributed by atoms with Gasteiger partial charge in [0, 0.05) is 19.1 Å². The lowest BCUT2D eigenvalue weighted by molar-refractivity contribution is 0.122. The summed E-state index contributed by atoms with van der Waals surface area (Å²) in [7, 11) is 0. The highest BCUT2D eigenvalue weighted by molar-refractivity contribution is 7.98. The molecule has 0 aromatic heterocycles. The van der Waals surface area contributed by atoms with Gasteiger partial charge in [-0.1, -0.05) is 0 Å². The molecule has 3 nitrogen and oxygen atoms in total. The van der Waals surface area contributed by atoms with Crippen molar-refractivity contribution in [2.45, 2.75) is 25.3 Å². The lowest BCUT2D eigenvalue weighted by atomic mass is 10.1. The monoisotopic (exact) mass is 232 g/mol. The van der Waals surface area contributed by atoms with Crippen molar-refractivity contribution >= 4 is 11.8 Å². The van der Waals surface area contributed by atoms with Crippen molar-refractivity contribution in [3.8, 4) is 0 Å². The minimum Gasteiger partial charge on any atom is -0.395 e. The second-order valence-electron chi connectivity index (χ2n) is 4.11. The summed E-state index contributed by atoms with van der Waals surface area (Å²) >= 11 is 1.89. The molecule has 1 rings (SSSR count). The zero-order valence-corrected chi connectivity index (χ0v) is 10.6. The van der Waals surface area contributed by atoms with Gasteiger partial charge in [0.1, 0.15) is 0 Å². The molecule has 1 aliphatic heterocycles. The van der Waals surface area contributed by atoms with E-state index in [9.17, 15) is 5.11 Å². The van der Waals surface area contributed by atoms with E-state index in [1.165, 1.54) is 18.6 Å². The summed E-state index contributed by atoms with van der Waals surface area (Å²) in [5, 5.41) is 12.8. The third-order valence-corrected chi connectivity index (χ3v) is 3.68. The zero-order chi connectivity index (χ0) is 10.9. The molecule has 0 spiro atoms. The van der Waals surface area contributed by atoms with E-state index in [1.54, 1.807) is 0 Å². The SMILES string of the molecule is CSCCCC(CO)N1CCCNCC1. The topological polar surface area (TPSA) is 35.5 Å². The lowest BCUT2D eigenvalue weighted by Crippen LogP contribution is -2.40. The van der Waals surface area contributed by atoms with Gasteiger partial charge in [0.25, 0.3) is 0 Å². The van der Waals surface area contributed by atoms with Crippen LogP contribution in [0, 0.1) is 0 Å². The predicted molar refractivity (Wildman–Crippen MR) is 67.5 cm³/mol. The van der Waals surface area contributed by atoms with Crippen LogP contribution in [0.4, 0.5) is 0 Å². The van der Waals surface area contributed by atoms with Gasteiger partial charge in [0.05, 0.1) is 6.61 Å². The normalized spacial score (nSPS) is 21.2. The van der Waals surface area contributed by atoms with Crippen molar-refractivity contribution in [1.82, 2.24) is 10.2 Å². The standard InChI is InChI=1S/C11H24N2OS/c1-15-9-2-4-11(10-14)13-7-3-5-12-6-8-13/h11-12,14H,2-10H2,1H3. The number of nitrogens with one attached hydrogen (secondary N) is 1. The summed E-state index contributed by atoms with van der Waals surface area (Å²) in [5.74, 6) is 1.21. The van der Waals surface area contributed by atoms with Gasteiger partial charge in [-0.15, -0.1) is 0 Å². The molecule has 4 heteroatoms. The van der Waals surface area contributed by atoms with Gasteiger partial charge in [0.2, 0.25) is 0 Å². The summed E-state index contributed by atoms with van der Waals surface area (Å²) in [6.45, 7) is 4.73. The molecule has 1 unspecified atom stereocenters. The van der Waals surface area contributed by atoms with Crippen LogP contribution in [-0.4, -0.2) is 60.8 Å². The summed E-state index contributed by atoms with van der Waals surface area (Å²) in [5.41, 5.74) is 0. The van der Waals surface area contributed by atoms with Crippen molar-refractivity contribution in [1.29, 1.82) is 0 Å². The maximum Gasteiger partial charge on any atom is 0.0586 e. The van der Waals surface area contributed by atoms with Crippen LogP contribution in [0.15, 0.2) is 0 Å². The van der Waals surface area contributed by atoms with E-state index >= 15 is 0 Å². The summed E-state index contributed by atoms with van der Waals surface area (Å²) in [4.78, 5) is 2.44. The smallest absolute Gasteiger partial charge is 0.0586 e. The highest BCUT2D eigenvalue weighted by atomic mass is 32.2. The van der Waals surface area contributed by atoms with Gasteiger partial charge in [0.15, 0.2) is 0 Å². The molecule has 1 fully saturated rings. The fraction of sp³-hybridized carbons (Fsp3) is 1.00. The van der Waals surface area contributed by atoms with Crippen LogP contribution in [-0.2, 0) is 0 Å². The minimum absolute atomic E-state index is 0.314. The fourth-order valence-electron chi connectivity index (χ4n) is 2.08. The highest BCUT2D eigenvalue weighted by Crippen LogP contribution is 2.10. The molecule has 15 heavy (non-hydrogen) atoms. The number of hydrogen-bond donors (Lipinski definition) is 2. The van der Waals surface area contributed by atoms with Crippen LogP contribution in [0.1, 0.15) is 19.3 Å². The van der Waals surface area contributed by atoms with Crippen LogP contribution in [0.25, 0.3) is 0 Å². The summed E-state index contributed by atoms with van der Waals surface area (Å²) in [6, 6.07) is 0.386. The van der Waals surface area contributed by atoms with Gasteiger partial charge < -0.3 is 10.4 Å². The van der Waals surface area contributed by atoms with E-state index in [1.807, 2.05) is 11.8 Å². The van der Waals surface area contributed by atoms with Crippen LogP contribution >= 0.6 is 11.8 Å². The molecule has 1 heterocycles. The third-order valence-electron chi connectivity index (χ3n) is 2.99. The molecule has 0 radical (unpaired) electrons. The zero-order valence-electron chi connectivity index (χ0n) is 9.74. The maximum absolute atomic E-state index is 9.40. The van der Waals surface area contributed by atoms with Crippen molar-refractivity contribution in [3.63, 3.8) is 0 Å². The molecule has 1 atom stereocenters. The van der Waals surface area contributed by atoms with E-state index in [2.05, 4.69) is 16.5 Å². The number of hydrogen-bond acceptors (Lipinski definition) is 4. The Morgan fingerprint density at radius 3 is 3.00 bits per heavy atom. The van der Waals surface area contributed by atoms with Gasteiger partial charge in [-0.05, 0) is 44.4 Å². The average Bonchev–Trinajstić information content (AvgIpc) is 2.53. The Morgan fingerprint density at radius 2 is 2.27 bits per heavy atom. The first-order valence-corrected chi connectivity index (χ1v) is 7.32. The molecule has 0 saturated carbocycles. The average molecular weight is 232 g/mol. The Morgan fingerprint density at radius 1 is 1.40 bits per heavy atom. The van der Waals surface area contributed by atoms with Crippen molar-refractivity contribution in [2.24, 2.45) is 0 Å². The largest absolute Gasteiger partial charge is 0.395 e. The van der Waals surface area contributed by atoms with Crippen LogP contribution in [0.3, 0.4) is 0 Å². The quantitative estimate of drug-likeness (QED) is 0.664. The van der Waals surface area contributed by atoms with Crippen LogP contribution in [0.2, 0.25) is 0 Å². The van der Waals surface area contributed by atoms with Gasteiger partial charge in [-0.3, -0.25) is 4.90 Å². The Bertz CT molecular complexity index is 150. The van der Waals surface area contributed by atoms with Crippen molar-refractivity contribution in [3.05, 3.63) is 0 Å². The fourth-order valence-corrected chi connectivity index (χ4v) is 2.54. The van der Waals surface area contributed by atoms with Crippen molar-refractivity contribution < 1.29 is 5.11 Å². The highest BCUT2D eigenvalue weighted by Gasteiger charge is 2.18. The first-order chi connectivity index (χ1) is 7.38. The molecule has 0 aliphatic carbocycles. The molecule has 1 aliphatic rings. The van der Waals surface area contributed by atoms with E-state index in [0.717, 1.165) is 32.6 Å². The molecular weight excluding hydrogens is 208 g/mol. The molecule has 0 aromatic carbocycles. The Hall–Kier alpha value is 0.230. The first kappa shape index (κ1) is 13.3. The number of thioether (sulfide) groups is 1. The third kappa shape index (κ3) is 5.20. The number of aliphatic hydroxyl groups is 1. The second-order valence-corrected chi connectivity index (χ2v) is 5.10. The second kappa shape index (κ2) is 8.39. The minimum atomic E-state index is 0.314. The summed E-state index contributed by atoms with van der Waals surface area (Å²) < 4.78 is 0. The summed E-state index contributed by atoms with van der Waals surface area (Å²) in [6.07, 6.45) is 5.70. The van der Waals surface area contributed by atoms with E-state index in [4.69, 9.17) is 0 Å². The molecule has 0 bridgehead atoms. The number of nitrogens with zero attached hydrogens (tertiary/aromatic N) is 1. The van der Waals surface area contributed by atoms with Crippen LogP contribution in [0.5, 0.6) is 0 Å². The van der Waals surface area contributed by atoms with Gasteiger partial charge >= 0.3 is 0 Å².